The van der Waals surface area contributed by atoms with Crippen LogP contribution in [0.1, 0.15) is 130 Å². The molecule has 18 heteroatoms. The van der Waals surface area contributed by atoms with E-state index in [4.69, 9.17) is 33.4 Å². The van der Waals surface area contributed by atoms with Gasteiger partial charge in [0.2, 0.25) is 11.4 Å². The summed E-state index contributed by atoms with van der Waals surface area (Å²) >= 11 is 11.6. The Morgan fingerprint density at radius 2 is 0.889 bits per heavy atom. The van der Waals surface area contributed by atoms with E-state index in [0.29, 0.717) is 33.4 Å². The Labute approximate surface area is 419 Å². The summed E-state index contributed by atoms with van der Waals surface area (Å²) in [4.78, 5) is 48.8. The van der Waals surface area contributed by atoms with Gasteiger partial charge in [0.1, 0.15) is 23.5 Å². The van der Waals surface area contributed by atoms with Gasteiger partial charge in [-0.15, -0.1) is 0 Å². The van der Waals surface area contributed by atoms with Crippen molar-refractivity contribution >= 4 is 46.7 Å². The lowest BCUT2D eigenvalue weighted by Gasteiger charge is -2.28. The number of rotatable bonds is 18. The van der Waals surface area contributed by atoms with Crippen LogP contribution in [0.25, 0.3) is 22.3 Å². The highest BCUT2D eigenvalue weighted by atomic mass is 35.5. The van der Waals surface area contributed by atoms with Crippen LogP contribution < -0.4 is 9.46 Å². The molecule has 0 unspecified atom stereocenters. The van der Waals surface area contributed by atoms with Crippen molar-refractivity contribution in [2.75, 3.05) is 0 Å². The van der Waals surface area contributed by atoms with Gasteiger partial charge in [0.15, 0.2) is 24.0 Å². The third kappa shape index (κ3) is 12.3. The first-order valence-electron chi connectivity index (χ1n) is 23.0. The number of ketones is 2. The normalized spacial score (nSPS) is 14.5. The first-order valence-corrected chi connectivity index (χ1v) is 23.8. The molecular formula is C54H46Cl2F6N2O8. The minimum Gasteiger partial charge on any atom is -0.618 e. The smallest absolute Gasteiger partial charge is 0.335 e. The summed E-state index contributed by atoms with van der Waals surface area (Å²) in [5.74, 6) is -5.62. The van der Waals surface area contributed by atoms with E-state index in [1.54, 1.807) is 24.3 Å². The zero-order valence-electron chi connectivity index (χ0n) is 38.2. The van der Waals surface area contributed by atoms with E-state index in [2.05, 4.69) is 0 Å². The number of carbonyl (C=O) groups excluding carboxylic acids is 2. The lowest BCUT2D eigenvalue weighted by molar-refractivity contribution is -0.614. The second-order valence-electron chi connectivity index (χ2n) is 18.1. The fraction of sp³-hybridized carbons (Fsp3) is 0.296. The Balaban J connectivity index is 0.000000211. The highest BCUT2D eigenvalue weighted by molar-refractivity contribution is 6.31. The molecule has 72 heavy (non-hydrogen) atoms. The van der Waals surface area contributed by atoms with Crippen molar-refractivity contribution in [1.82, 2.24) is 0 Å². The maximum Gasteiger partial charge on any atom is 0.335 e. The highest BCUT2D eigenvalue weighted by Gasteiger charge is 2.35. The van der Waals surface area contributed by atoms with Crippen molar-refractivity contribution in [2.45, 2.75) is 88.9 Å². The van der Waals surface area contributed by atoms with Crippen LogP contribution in [0, 0.1) is 33.9 Å². The number of hydrogen-bond donors (Lipinski definition) is 2. The zero-order chi connectivity index (χ0) is 52.0. The SMILES string of the molecule is O=C(O)c1ccc(CC(=O)[C@@H](CC2CCC2)c2ccc(-c3c(C(F)F)ccc(Cl)c3F)c[n+]2[O-])cc1.O=C(O)c1ccc(CC(=O)[C@H](CC2CCC2)c2ccc(-c3c(C(F)F)ccc(Cl)c3F)c[n+]2[O-])cc1. The molecule has 0 aliphatic heterocycles. The van der Waals surface area contributed by atoms with Crippen LogP contribution in [-0.2, 0) is 22.4 Å². The Hall–Kier alpha value is -6.78. The molecule has 2 aliphatic carbocycles. The summed E-state index contributed by atoms with van der Waals surface area (Å²) in [7, 11) is 0. The van der Waals surface area contributed by atoms with Gasteiger partial charge < -0.3 is 20.6 Å². The number of aromatic carboxylic acids is 2. The molecule has 0 radical (unpaired) electrons. The number of nitrogens with zero attached hydrogens (tertiary/aromatic N) is 2. The summed E-state index contributed by atoms with van der Waals surface area (Å²) in [6.07, 6.45) is 2.82. The van der Waals surface area contributed by atoms with Crippen molar-refractivity contribution in [3.63, 3.8) is 0 Å². The number of carboxylic acids is 2. The van der Waals surface area contributed by atoms with Crippen molar-refractivity contribution < 1.29 is 65.2 Å². The molecule has 2 heterocycles. The second-order valence-corrected chi connectivity index (χ2v) is 18.9. The molecule has 0 spiro atoms. The summed E-state index contributed by atoms with van der Waals surface area (Å²) in [6.45, 7) is 0. The van der Waals surface area contributed by atoms with Gasteiger partial charge in [-0.25, -0.2) is 35.9 Å². The van der Waals surface area contributed by atoms with Crippen LogP contribution in [0.3, 0.4) is 0 Å². The highest BCUT2D eigenvalue weighted by Crippen LogP contribution is 2.41. The van der Waals surface area contributed by atoms with Crippen molar-refractivity contribution in [1.29, 1.82) is 0 Å². The van der Waals surface area contributed by atoms with E-state index >= 15 is 0 Å². The molecule has 2 fully saturated rings. The van der Waals surface area contributed by atoms with Crippen molar-refractivity contribution in [2.24, 2.45) is 11.8 Å². The van der Waals surface area contributed by atoms with Gasteiger partial charge in [-0.2, -0.15) is 9.46 Å². The van der Waals surface area contributed by atoms with Gasteiger partial charge in [0, 0.05) is 47.2 Å². The quantitative estimate of drug-likeness (QED) is 0.0488. The molecule has 8 rings (SSSR count). The Bertz CT molecular complexity index is 2790. The molecule has 2 atom stereocenters. The lowest BCUT2D eigenvalue weighted by Crippen LogP contribution is -2.37. The van der Waals surface area contributed by atoms with Gasteiger partial charge in [0.25, 0.3) is 12.9 Å². The standard InChI is InChI=1S/2C27H23ClF3NO4/c2*28-21-10-9-19(26(30)31)24(25(21)29)18-8-11-22(32(36)14-18)20(12-15-2-1-3-15)23(33)13-16-4-6-17(7-5-16)27(34)35/h2*4-11,14-15,20,26H,1-3,12-13H2,(H,34,35)/t2*20-/m10/s1. The van der Waals surface area contributed by atoms with Crippen LogP contribution in [0.4, 0.5) is 26.3 Å². The minimum atomic E-state index is -2.98. The number of Topliss-reactive ketones (excluding diaryl/α,β-unsaturated/α-hetero) is 2. The first-order chi connectivity index (χ1) is 34.3. The van der Waals surface area contributed by atoms with Crippen LogP contribution in [-0.4, -0.2) is 33.7 Å². The summed E-state index contributed by atoms with van der Waals surface area (Å²) in [6, 6.07) is 21.5. The van der Waals surface area contributed by atoms with Crippen LogP contribution in [0.5, 0.6) is 0 Å². The summed E-state index contributed by atoms with van der Waals surface area (Å²) < 4.78 is 84.4. The van der Waals surface area contributed by atoms with E-state index < -0.39 is 70.5 Å². The molecule has 4 aromatic carbocycles. The Morgan fingerprint density at radius 1 is 0.542 bits per heavy atom. The molecule has 6 aromatic rings. The lowest BCUT2D eigenvalue weighted by atomic mass is 9.76. The summed E-state index contributed by atoms with van der Waals surface area (Å²) in [5, 5.41) is 43.5. The van der Waals surface area contributed by atoms with E-state index in [-0.39, 0.29) is 79.9 Å². The van der Waals surface area contributed by atoms with E-state index in [9.17, 15) is 55.9 Å². The molecule has 376 valence electrons. The number of carboxylic acid groups (broad SMARTS) is 2. The van der Waals surface area contributed by atoms with E-state index in [0.717, 1.165) is 75.2 Å². The topological polar surface area (TPSA) is 163 Å². The average Bonchev–Trinajstić information content (AvgIpc) is 3.31. The Kier molecular flexibility index (Phi) is 17.1. The fourth-order valence-corrected chi connectivity index (χ4v) is 9.35. The molecule has 2 saturated carbocycles. The Morgan fingerprint density at radius 3 is 1.17 bits per heavy atom. The molecule has 10 nitrogen and oxygen atoms in total. The minimum absolute atomic E-state index is 0.00249. The zero-order valence-corrected chi connectivity index (χ0v) is 39.7. The number of halogens is 8. The van der Waals surface area contributed by atoms with Crippen molar-refractivity contribution in [3.05, 3.63) is 186 Å². The predicted molar refractivity (Wildman–Crippen MR) is 255 cm³/mol. The number of aromatic nitrogens is 2. The molecular weight excluding hydrogens is 989 g/mol. The van der Waals surface area contributed by atoms with Crippen molar-refractivity contribution in [3.8, 4) is 22.3 Å². The van der Waals surface area contributed by atoms with Crippen LogP contribution in [0.15, 0.2) is 109 Å². The van der Waals surface area contributed by atoms with Crippen LogP contribution in [0.2, 0.25) is 10.0 Å². The molecule has 0 amide bonds. The number of benzene rings is 4. The number of pyridine rings is 2. The third-order valence-electron chi connectivity index (χ3n) is 13.4. The largest absolute Gasteiger partial charge is 0.618 e. The van der Waals surface area contributed by atoms with Gasteiger partial charge in [-0.3, -0.25) is 9.59 Å². The number of alkyl halides is 4. The van der Waals surface area contributed by atoms with Gasteiger partial charge >= 0.3 is 11.9 Å². The van der Waals surface area contributed by atoms with Crippen LogP contribution >= 0.6 is 23.2 Å². The average molecular weight is 1040 g/mol. The van der Waals surface area contributed by atoms with Gasteiger partial charge in [-0.05, 0) is 84.3 Å². The maximum atomic E-state index is 14.7. The molecule has 2 N–H and O–H groups in total. The monoisotopic (exact) mass is 1030 g/mol. The van der Waals surface area contributed by atoms with E-state index in [1.807, 2.05) is 0 Å². The summed E-state index contributed by atoms with van der Waals surface area (Å²) in [5.41, 5.74) is -0.482. The number of hydrogen-bond acceptors (Lipinski definition) is 6. The predicted octanol–water partition coefficient (Wildman–Crippen LogP) is 13.0. The number of carbonyl (C=O) groups is 4. The molecule has 0 saturated heterocycles. The van der Waals surface area contributed by atoms with Gasteiger partial charge in [-0.1, -0.05) is 98.1 Å². The molecule has 2 aromatic heterocycles. The third-order valence-corrected chi connectivity index (χ3v) is 14.0. The van der Waals surface area contributed by atoms with Gasteiger partial charge in [0.05, 0.1) is 32.3 Å². The first kappa shape index (κ1) is 53.0. The molecule has 2 aliphatic rings. The fourth-order valence-electron chi connectivity index (χ4n) is 9.04. The maximum absolute atomic E-state index is 14.7. The molecule has 0 bridgehead atoms. The van der Waals surface area contributed by atoms with E-state index in [1.165, 1.54) is 48.5 Å². The second kappa shape index (κ2) is 23.2.